The van der Waals surface area contributed by atoms with E-state index in [4.69, 9.17) is 4.74 Å². The van der Waals surface area contributed by atoms with Crippen LogP contribution in [0, 0.1) is 0 Å². The molecule has 2 aromatic heterocycles. The number of aromatic nitrogens is 4. The van der Waals surface area contributed by atoms with E-state index in [0.29, 0.717) is 6.61 Å². The topological polar surface area (TPSA) is 56.1 Å². The van der Waals surface area contributed by atoms with Gasteiger partial charge in [-0.3, -0.25) is 4.57 Å². The van der Waals surface area contributed by atoms with E-state index in [-0.39, 0.29) is 6.23 Å². The molecule has 1 aliphatic rings. The molecule has 6 heteroatoms. The van der Waals surface area contributed by atoms with Crippen molar-refractivity contribution in [2.24, 2.45) is 0 Å². The second-order valence-electron chi connectivity index (χ2n) is 4.99. The normalized spacial score (nSPS) is 16.8. The molecule has 0 radical (unpaired) electrons. The van der Waals surface area contributed by atoms with Gasteiger partial charge in [-0.1, -0.05) is 5.57 Å². The molecule has 1 unspecified atom stereocenters. The third-order valence-electron chi connectivity index (χ3n) is 3.53. The lowest BCUT2D eigenvalue weighted by Gasteiger charge is -2.15. The molecule has 1 atom stereocenters. The largest absolute Gasteiger partial charge is 0.359 e. The van der Waals surface area contributed by atoms with E-state index in [1.807, 2.05) is 18.4 Å². The zero-order valence-electron chi connectivity index (χ0n) is 12.1. The summed E-state index contributed by atoms with van der Waals surface area (Å²) in [6, 6.07) is 0. The van der Waals surface area contributed by atoms with Crippen molar-refractivity contribution in [1.29, 1.82) is 0 Å². The first-order valence-corrected chi connectivity index (χ1v) is 6.93. The van der Waals surface area contributed by atoms with Crippen molar-refractivity contribution in [2.45, 2.75) is 33.4 Å². The van der Waals surface area contributed by atoms with Crippen molar-refractivity contribution in [3.8, 4) is 0 Å². The second-order valence-corrected chi connectivity index (χ2v) is 4.99. The summed E-state index contributed by atoms with van der Waals surface area (Å²) in [5.74, 6) is 0.870. The SMILES string of the molecule is CCOC(C)n1cnc2c(N3C=C(C)CC3)ncnc21. The second kappa shape index (κ2) is 5.20. The van der Waals surface area contributed by atoms with Gasteiger partial charge in [0.05, 0.1) is 6.33 Å². The number of imidazole rings is 1. The van der Waals surface area contributed by atoms with Crippen LogP contribution < -0.4 is 4.90 Å². The van der Waals surface area contributed by atoms with E-state index in [1.165, 1.54) is 5.57 Å². The van der Waals surface area contributed by atoms with Gasteiger partial charge < -0.3 is 9.64 Å². The fraction of sp³-hybridized carbons (Fsp3) is 0.500. The quantitative estimate of drug-likeness (QED) is 0.856. The molecule has 20 heavy (non-hydrogen) atoms. The Labute approximate surface area is 118 Å². The van der Waals surface area contributed by atoms with Crippen molar-refractivity contribution in [3.05, 3.63) is 24.4 Å². The van der Waals surface area contributed by atoms with E-state index in [9.17, 15) is 0 Å². The lowest BCUT2D eigenvalue weighted by atomic mass is 10.3. The molecule has 3 heterocycles. The highest BCUT2D eigenvalue weighted by Crippen LogP contribution is 2.27. The Morgan fingerprint density at radius 3 is 2.90 bits per heavy atom. The number of fused-ring (bicyclic) bond motifs is 1. The van der Waals surface area contributed by atoms with Crippen LogP contribution in [0.1, 0.15) is 33.4 Å². The smallest absolute Gasteiger partial charge is 0.167 e. The Morgan fingerprint density at radius 2 is 2.20 bits per heavy atom. The molecular weight excluding hydrogens is 254 g/mol. The van der Waals surface area contributed by atoms with E-state index in [1.54, 1.807) is 12.7 Å². The lowest BCUT2D eigenvalue weighted by molar-refractivity contribution is 0.0272. The van der Waals surface area contributed by atoms with E-state index in [2.05, 4.69) is 33.0 Å². The first-order valence-electron chi connectivity index (χ1n) is 6.93. The molecule has 0 saturated heterocycles. The summed E-state index contributed by atoms with van der Waals surface area (Å²) < 4.78 is 7.55. The third kappa shape index (κ3) is 2.16. The first-order chi connectivity index (χ1) is 9.70. The Hall–Kier alpha value is -1.95. The zero-order valence-corrected chi connectivity index (χ0v) is 12.1. The summed E-state index contributed by atoms with van der Waals surface area (Å²) in [7, 11) is 0. The summed E-state index contributed by atoms with van der Waals surface area (Å²) in [6.07, 6.45) is 6.49. The van der Waals surface area contributed by atoms with Crippen LogP contribution in [0.5, 0.6) is 0 Å². The average Bonchev–Trinajstić information content (AvgIpc) is 3.04. The molecule has 0 saturated carbocycles. The van der Waals surface area contributed by atoms with Crippen molar-refractivity contribution in [2.75, 3.05) is 18.1 Å². The van der Waals surface area contributed by atoms with Crippen molar-refractivity contribution in [3.63, 3.8) is 0 Å². The van der Waals surface area contributed by atoms with Crippen LogP contribution in [0.4, 0.5) is 5.82 Å². The maximum absolute atomic E-state index is 5.61. The van der Waals surface area contributed by atoms with Gasteiger partial charge in [0.1, 0.15) is 12.6 Å². The Balaban J connectivity index is 2.04. The molecule has 0 spiro atoms. The summed E-state index contributed by atoms with van der Waals surface area (Å²) >= 11 is 0. The van der Waals surface area contributed by atoms with Crippen LogP contribution >= 0.6 is 0 Å². The fourth-order valence-electron chi connectivity index (χ4n) is 2.50. The molecular formula is C14H19N5O. The summed E-state index contributed by atoms with van der Waals surface area (Å²) in [5.41, 5.74) is 3.00. The standard InChI is InChI=1S/C14H19N5O/c1-4-20-11(3)19-9-17-12-13(15-8-16-14(12)19)18-6-5-10(2)7-18/h7-9,11H,4-6H2,1-3H3. The summed E-state index contributed by atoms with van der Waals surface area (Å²) in [5, 5.41) is 0. The molecule has 1 aliphatic heterocycles. The van der Waals surface area contributed by atoms with Crippen molar-refractivity contribution in [1.82, 2.24) is 19.5 Å². The molecule has 0 aromatic carbocycles. The van der Waals surface area contributed by atoms with Gasteiger partial charge in [0.2, 0.25) is 0 Å². The predicted molar refractivity (Wildman–Crippen MR) is 77.4 cm³/mol. The number of hydrogen-bond donors (Lipinski definition) is 0. The maximum Gasteiger partial charge on any atom is 0.167 e. The molecule has 0 fully saturated rings. The minimum atomic E-state index is -0.0800. The fourth-order valence-corrected chi connectivity index (χ4v) is 2.50. The minimum absolute atomic E-state index is 0.0800. The number of ether oxygens (including phenoxy) is 1. The molecule has 2 aromatic rings. The number of hydrogen-bond acceptors (Lipinski definition) is 5. The average molecular weight is 273 g/mol. The number of rotatable bonds is 4. The minimum Gasteiger partial charge on any atom is -0.359 e. The van der Waals surface area contributed by atoms with Gasteiger partial charge in [-0.2, -0.15) is 0 Å². The Morgan fingerprint density at radius 1 is 1.35 bits per heavy atom. The van der Waals surface area contributed by atoms with Crippen LogP contribution in [0.15, 0.2) is 24.4 Å². The van der Waals surface area contributed by atoms with Gasteiger partial charge >= 0.3 is 0 Å². The van der Waals surface area contributed by atoms with Crippen LogP contribution in [-0.2, 0) is 4.74 Å². The number of anilines is 1. The Bertz CT molecular complexity index is 648. The van der Waals surface area contributed by atoms with Gasteiger partial charge in [0, 0.05) is 19.4 Å². The molecule has 106 valence electrons. The van der Waals surface area contributed by atoms with Gasteiger partial charge in [0.15, 0.2) is 17.0 Å². The highest BCUT2D eigenvalue weighted by atomic mass is 16.5. The van der Waals surface area contributed by atoms with E-state index < -0.39 is 0 Å². The number of nitrogens with zero attached hydrogens (tertiary/aromatic N) is 5. The van der Waals surface area contributed by atoms with E-state index >= 15 is 0 Å². The molecule has 0 aliphatic carbocycles. The third-order valence-corrected chi connectivity index (χ3v) is 3.53. The molecule has 0 N–H and O–H groups in total. The highest BCUT2D eigenvalue weighted by Gasteiger charge is 2.19. The Kier molecular flexibility index (Phi) is 3.40. The summed E-state index contributed by atoms with van der Waals surface area (Å²) in [6.45, 7) is 7.72. The first kappa shape index (κ1) is 13.1. The van der Waals surface area contributed by atoms with Gasteiger partial charge in [0.25, 0.3) is 0 Å². The van der Waals surface area contributed by atoms with Gasteiger partial charge in [-0.25, -0.2) is 15.0 Å². The lowest BCUT2D eigenvalue weighted by Crippen LogP contribution is -2.15. The molecule has 6 nitrogen and oxygen atoms in total. The monoisotopic (exact) mass is 273 g/mol. The molecule has 0 amide bonds. The van der Waals surface area contributed by atoms with E-state index in [0.717, 1.165) is 29.9 Å². The van der Waals surface area contributed by atoms with Crippen LogP contribution in [0.2, 0.25) is 0 Å². The van der Waals surface area contributed by atoms with Gasteiger partial charge in [-0.05, 0) is 27.2 Å². The maximum atomic E-state index is 5.61. The molecule has 3 rings (SSSR count). The van der Waals surface area contributed by atoms with Gasteiger partial charge in [-0.15, -0.1) is 0 Å². The van der Waals surface area contributed by atoms with Crippen LogP contribution in [0.3, 0.4) is 0 Å². The zero-order chi connectivity index (χ0) is 14.1. The van der Waals surface area contributed by atoms with Crippen LogP contribution in [0.25, 0.3) is 11.2 Å². The van der Waals surface area contributed by atoms with Crippen molar-refractivity contribution < 1.29 is 4.74 Å². The van der Waals surface area contributed by atoms with Crippen LogP contribution in [-0.4, -0.2) is 32.7 Å². The molecule has 0 bridgehead atoms. The van der Waals surface area contributed by atoms with Crippen molar-refractivity contribution >= 4 is 17.0 Å². The predicted octanol–water partition coefficient (Wildman–Crippen LogP) is 2.50. The summed E-state index contributed by atoms with van der Waals surface area (Å²) in [4.78, 5) is 15.4. The highest BCUT2D eigenvalue weighted by molar-refractivity contribution is 5.84.